The second kappa shape index (κ2) is 5.24. The number of para-hydroxylation sites is 1. The first-order valence-electron chi connectivity index (χ1n) is 7.05. The van der Waals surface area contributed by atoms with Crippen LogP contribution in [-0.2, 0) is 0 Å². The summed E-state index contributed by atoms with van der Waals surface area (Å²) in [5.74, 6) is 3.13. The first-order valence-corrected chi connectivity index (χ1v) is 8.17. The zero-order valence-electron chi connectivity index (χ0n) is 10.8. The van der Waals surface area contributed by atoms with E-state index in [1.165, 1.54) is 37.4 Å². The highest BCUT2D eigenvalue weighted by atomic mass is 79.9. The van der Waals surface area contributed by atoms with Crippen LogP contribution in [0.5, 0.6) is 5.75 Å². The number of halogens is 1. The van der Waals surface area contributed by atoms with Crippen LogP contribution in [-0.4, -0.2) is 11.9 Å². The highest BCUT2D eigenvalue weighted by Crippen LogP contribution is 2.61. The van der Waals surface area contributed by atoms with Gasteiger partial charge in [0.25, 0.3) is 0 Å². The summed E-state index contributed by atoms with van der Waals surface area (Å²) in [5.41, 5.74) is 0.591. The highest BCUT2D eigenvalue weighted by Gasteiger charge is 2.52. The lowest BCUT2D eigenvalue weighted by Crippen LogP contribution is -2.21. The van der Waals surface area contributed by atoms with E-state index >= 15 is 0 Å². The third-order valence-electron chi connectivity index (χ3n) is 4.61. The van der Waals surface area contributed by atoms with Crippen LogP contribution < -0.4 is 4.74 Å². The zero-order valence-corrected chi connectivity index (χ0v) is 12.4. The number of fused-ring (bicyclic) bond motifs is 1. The lowest BCUT2D eigenvalue weighted by atomic mass is 9.81. The molecule has 0 aromatic heterocycles. The molecule has 2 heteroatoms. The standard InChI is InChI=1S/C16H21BrO/c17-12-16(10-13-9-14(13)11-16)7-4-8-18-15-5-2-1-3-6-15/h1-3,5-6,13-14H,4,7-12H2. The molecule has 0 saturated heterocycles. The molecular weight excluding hydrogens is 288 g/mol. The lowest BCUT2D eigenvalue weighted by Gasteiger charge is -2.28. The quantitative estimate of drug-likeness (QED) is 0.549. The van der Waals surface area contributed by atoms with E-state index in [1.54, 1.807) is 0 Å². The summed E-state index contributed by atoms with van der Waals surface area (Å²) in [5, 5.41) is 1.18. The van der Waals surface area contributed by atoms with Gasteiger partial charge in [0.1, 0.15) is 5.75 Å². The van der Waals surface area contributed by atoms with E-state index in [9.17, 15) is 0 Å². The largest absolute Gasteiger partial charge is 0.494 e. The van der Waals surface area contributed by atoms with Crippen molar-refractivity contribution in [3.05, 3.63) is 30.3 Å². The minimum atomic E-state index is 0.591. The van der Waals surface area contributed by atoms with Crippen molar-refractivity contribution in [2.24, 2.45) is 17.3 Å². The van der Waals surface area contributed by atoms with E-state index in [1.807, 2.05) is 30.3 Å². The van der Waals surface area contributed by atoms with Gasteiger partial charge in [-0.2, -0.15) is 0 Å². The predicted octanol–water partition coefficient (Wildman–Crippen LogP) is 4.66. The Morgan fingerprint density at radius 1 is 1.17 bits per heavy atom. The minimum Gasteiger partial charge on any atom is -0.494 e. The van der Waals surface area contributed by atoms with Crippen molar-refractivity contribution in [1.82, 2.24) is 0 Å². The fraction of sp³-hybridized carbons (Fsp3) is 0.625. The van der Waals surface area contributed by atoms with Crippen LogP contribution in [0.2, 0.25) is 0 Å². The molecule has 2 aliphatic carbocycles. The number of rotatable bonds is 6. The van der Waals surface area contributed by atoms with Gasteiger partial charge in [-0.1, -0.05) is 34.1 Å². The summed E-state index contributed by atoms with van der Waals surface area (Å²) >= 11 is 3.74. The van der Waals surface area contributed by atoms with Crippen molar-refractivity contribution < 1.29 is 4.74 Å². The third kappa shape index (κ3) is 2.74. The molecule has 0 spiro atoms. The van der Waals surface area contributed by atoms with Crippen LogP contribution in [0, 0.1) is 17.3 Å². The molecule has 1 nitrogen and oxygen atoms in total. The predicted molar refractivity (Wildman–Crippen MR) is 78.2 cm³/mol. The molecule has 0 N–H and O–H groups in total. The van der Waals surface area contributed by atoms with Crippen molar-refractivity contribution in [3.63, 3.8) is 0 Å². The van der Waals surface area contributed by atoms with Gasteiger partial charge in [0.2, 0.25) is 0 Å². The van der Waals surface area contributed by atoms with Gasteiger partial charge in [-0.25, -0.2) is 0 Å². The summed E-state index contributed by atoms with van der Waals surface area (Å²) in [7, 11) is 0. The van der Waals surface area contributed by atoms with E-state index in [4.69, 9.17) is 4.74 Å². The SMILES string of the molecule is BrCC1(CCCOc2ccccc2)CC2CC2C1. The summed E-state index contributed by atoms with van der Waals surface area (Å²) < 4.78 is 5.78. The Morgan fingerprint density at radius 2 is 1.89 bits per heavy atom. The van der Waals surface area contributed by atoms with Crippen LogP contribution in [0.4, 0.5) is 0 Å². The summed E-state index contributed by atoms with van der Waals surface area (Å²) in [6, 6.07) is 10.1. The van der Waals surface area contributed by atoms with Crippen LogP contribution in [0.3, 0.4) is 0 Å². The average Bonchev–Trinajstić information content (AvgIpc) is 3.04. The van der Waals surface area contributed by atoms with Gasteiger partial charge >= 0.3 is 0 Å². The normalized spacial score (nSPS) is 33.2. The molecule has 0 radical (unpaired) electrons. The highest BCUT2D eigenvalue weighted by molar-refractivity contribution is 9.09. The first-order chi connectivity index (χ1) is 8.81. The summed E-state index contributed by atoms with van der Waals surface area (Å²) in [6.07, 6.45) is 6.91. The molecule has 3 rings (SSSR count). The van der Waals surface area contributed by atoms with Crippen molar-refractivity contribution >= 4 is 15.9 Å². The molecule has 0 aliphatic heterocycles. The molecule has 2 fully saturated rings. The Balaban J connectivity index is 1.41. The number of hydrogen-bond acceptors (Lipinski definition) is 1. The molecule has 98 valence electrons. The van der Waals surface area contributed by atoms with E-state index in [0.29, 0.717) is 5.41 Å². The maximum Gasteiger partial charge on any atom is 0.119 e. The Kier molecular flexibility index (Phi) is 3.65. The number of alkyl halides is 1. The van der Waals surface area contributed by atoms with Gasteiger partial charge in [0.15, 0.2) is 0 Å². The minimum absolute atomic E-state index is 0.591. The third-order valence-corrected chi connectivity index (χ3v) is 5.80. The fourth-order valence-electron chi connectivity index (χ4n) is 3.54. The molecule has 1 aromatic rings. The maximum atomic E-state index is 5.78. The smallest absolute Gasteiger partial charge is 0.119 e. The fourth-order valence-corrected chi connectivity index (χ4v) is 4.28. The van der Waals surface area contributed by atoms with Crippen molar-refractivity contribution in [2.75, 3.05) is 11.9 Å². The monoisotopic (exact) mass is 308 g/mol. The first kappa shape index (κ1) is 12.5. The zero-order chi connectivity index (χ0) is 12.4. The Bertz CT molecular complexity index is 379. The van der Waals surface area contributed by atoms with E-state index in [2.05, 4.69) is 15.9 Å². The van der Waals surface area contributed by atoms with Crippen molar-refractivity contribution in [1.29, 1.82) is 0 Å². The second-order valence-electron chi connectivity index (χ2n) is 6.06. The number of benzene rings is 1. The average molecular weight is 309 g/mol. The van der Waals surface area contributed by atoms with Crippen LogP contribution >= 0.6 is 15.9 Å². The molecule has 0 heterocycles. The number of hydrogen-bond donors (Lipinski definition) is 0. The Hall–Kier alpha value is -0.500. The maximum absolute atomic E-state index is 5.78. The molecule has 0 amide bonds. The van der Waals surface area contributed by atoms with Crippen LogP contribution in [0.15, 0.2) is 30.3 Å². The van der Waals surface area contributed by atoms with Gasteiger partial charge in [-0.15, -0.1) is 0 Å². The Labute approximate surface area is 118 Å². The topological polar surface area (TPSA) is 9.23 Å². The van der Waals surface area contributed by atoms with Gasteiger partial charge < -0.3 is 4.74 Å². The van der Waals surface area contributed by atoms with Gasteiger partial charge in [-0.05, 0) is 61.5 Å². The second-order valence-corrected chi connectivity index (χ2v) is 6.62. The van der Waals surface area contributed by atoms with Crippen molar-refractivity contribution in [2.45, 2.75) is 32.1 Å². The molecule has 2 aliphatic rings. The summed E-state index contributed by atoms with van der Waals surface area (Å²) in [4.78, 5) is 0. The van der Waals surface area contributed by atoms with Gasteiger partial charge in [0.05, 0.1) is 6.61 Å². The lowest BCUT2D eigenvalue weighted by molar-refractivity contribution is 0.234. The number of ether oxygens (including phenoxy) is 1. The van der Waals surface area contributed by atoms with Crippen molar-refractivity contribution in [3.8, 4) is 5.75 Å². The van der Waals surface area contributed by atoms with E-state index < -0.39 is 0 Å². The van der Waals surface area contributed by atoms with Gasteiger partial charge in [-0.3, -0.25) is 0 Å². The van der Waals surface area contributed by atoms with E-state index in [0.717, 1.165) is 24.2 Å². The van der Waals surface area contributed by atoms with Gasteiger partial charge in [0, 0.05) is 5.33 Å². The summed E-state index contributed by atoms with van der Waals surface area (Å²) in [6.45, 7) is 0.855. The van der Waals surface area contributed by atoms with Crippen LogP contribution in [0.25, 0.3) is 0 Å². The molecule has 18 heavy (non-hydrogen) atoms. The molecular formula is C16H21BrO. The molecule has 2 unspecified atom stereocenters. The molecule has 0 bridgehead atoms. The van der Waals surface area contributed by atoms with Crippen LogP contribution in [0.1, 0.15) is 32.1 Å². The molecule has 2 atom stereocenters. The van der Waals surface area contributed by atoms with E-state index in [-0.39, 0.29) is 0 Å². The Morgan fingerprint density at radius 3 is 2.56 bits per heavy atom. The molecule has 1 aromatic carbocycles. The molecule has 2 saturated carbocycles.